The van der Waals surface area contributed by atoms with Crippen molar-refractivity contribution >= 4 is 5.71 Å². The first-order valence-electron chi connectivity index (χ1n) is 4.63. The lowest BCUT2D eigenvalue weighted by Crippen LogP contribution is -2.17. The molecule has 69 valence electrons. The van der Waals surface area contributed by atoms with Crippen molar-refractivity contribution in [2.75, 3.05) is 0 Å². The summed E-state index contributed by atoms with van der Waals surface area (Å²) in [5, 5.41) is 4.15. The third kappa shape index (κ3) is 3.74. The molecule has 0 bridgehead atoms. The molecular formula is C10H18NO. The quantitative estimate of drug-likeness (QED) is 0.552. The molecule has 0 saturated heterocycles. The van der Waals surface area contributed by atoms with Crippen LogP contribution in [0.4, 0.5) is 0 Å². The largest absolute Gasteiger partial charge is 0.390 e. The van der Waals surface area contributed by atoms with Crippen LogP contribution in [0.2, 0.25) is 0 Å². The third-order valence-corrected chi connectivity index (χ3v) is 1.72. The second kappa shape index (κ2) is 3.92. The summed E-state index contributed by atoms with van der Waals surface area (Å²) in [6.07, 6.45) is 6.79. The van der Waals surface area contributed by atoms with E-state index in [2.05, 4.69) is 11.6 Å². The molecule has 0 amide bonds. The van der Waals surface area contributed by atoms with Gasteiger partial charge < -0.3 is 4.84 Å². The number of rotatable bonds is 1. The molecule has 1 rings (SSSR count). The Morgan fingerprint density at radius 2 is 1.83 bits per heavy atom. The SMILES string of the molecule is CC(C)(C)ON=C1CC[CH]CC1. The molecule has 0 unspecified atom stereocenters. The standard InChI is InChI=1S/C10H18NO/c1-10(2,3)12-11-9-7-5-4-6-8-9/h4H,5-8H2,1-3H3. The van der Waals surface area contributed by atoms with Crippen LogP contribution in [0.25, 0.3) is 0 Å². The highest BCUT2D eigenvalue weighted by Crippen LogP contribution is 2.16. The summed E-state index contributed by atoms with van der Waals surface area (Å²) in [5.41, 5.74) is 1.07. The fraction of sp³-hybridized carbons (Fsp3) is 0.800. The summed E-state index contributed by atoms with van der Waals surface area (Å²) in [4.78, 5) is 5.34. The zero-order valence-corrected chi connectivity index (χ0v) is 8.26. The van der Waals surface area contributed by atoms with Crippen LogP contribution in [0.15, 0.2) is 5.16 Å². The lowest BCUT2D eigenvalue weighted by molar-refractivity contribution is 0.0000857. The summed E-state index contributed by atoms with van der Waals surface area (Å²) in [7, 11) is 0. The van der Waals surface area contributed by atoms with Crippen LogP contribution >= 0.6 is 0 Å². The van der Waals surface area contributed by atoms with E-state index in [1.165, 1.54) is 5.71 Å². The van der Waals surface area contributed by atoms with E-state index >= 15 is 0 Å². The molecule has 1 saturated carbocycles. The number of hydrogen-bond acceptors (Lipinski definition) is 2. The van der Waals surface area contributed by atoms with E-state index in [1.807, 2.05) is 20.8 Å². The van der Waals surface area contributed by atoms with Crippen molar-refractivity contribution in [1.29, 1.82) is 0 Å². The van der Waals surface area contributed by atoms with Crippen molar-refractivity contribution in [3.63, 3.8) is 0 Å². The molecule has 0 aromatic rings. The van der Waals surface area contributed by atoms with E-state index in [0.717, 1.165) is 25.7 Å². The summed E-state index contributed by atoms with van der Waals surface area (Å²) >= 11 is 0. The van der Waals surface area contributed by atoms with Crippen LogP contribution in [-0.4, -0.2) is 11.3 Å². The van der Waals surface area contributed by atoms with E-state index in [-0.39, 0.29) is 5.60 Å². The van der Waals surface area contributed by atoms with Crippen molar-refractivity contribution in [1.82, 2.24) is 0 Å². The minimum atomic E-state index is -0.145. The van der Waals surface area contributed by atoms with Crippen LogP contribution in [0.1, 0.15) is 46.5 Å². The minimum Gasteiger partial charge on any atom is -0.390 e. The van der Waals surface area contributed by atoms with Gasteiger partial charge in [0, 0.05) is 0 Å². The van der Waals surface area contributed by atoms with Gasteiger partial charge >= 0.3 is 0 Å². The number of nitrogens with zero attached hydrogens (tertiary/aromatic N) is 1. The molecule has 2 heteroatoms. The lowest BCUT2D eigenvalue weighted by Gasteiger charge is -2.18. The molecule has 0 aromatic carbocycles. The molecule has 0 heterocycles. The van der Waals surface area contributed by atoms with Crippen LogP contribution in [-0.2, 0) is 4.84 Å². The Labute approximate surface area is 75.0 Å². The smallest absolute Gasteiger partial charge is 0.129 e. The maximum atomic E-state index is 5.34. The van der Waals surface area contributed by atoms with Gasteiger partial charge in [0.05, 0.1) is 5.71 Å². The van der Waals surface area contributed by atoms with E-state index in [1.54, 1.807) is 0 Å². The first-order valence-corrected chi connectivity index (χ1v) is 4.63. The average Bonchev–Trinajstić information content (AvgIpc) is 2.02. The first-order chi connectivity index (χ1) is 5.58. The zero-order chi connectivity index (χ0) is 9.03. The van der Waals surface area contributed by atoms with Gasteiger partial charge in [-0.1, -0.05) is 5.16 Å². The van der Waals surface area contributed by atoms with Crippen LogP contribution in [0.3, 0.4) is 0 Å². The number of oxime groups is 1. The van der Waals surface area contributed by atoms with Crippen molar-refractivity contribution in [3.05, 3.63) is 6.42 Å². The maximum Gasteiger partial charge on any atom is 0.129 e. The Hall–Kier alpha value is -0.530. The monoisotopic (exact) mass is 168 g/mol. The van der Waals surface area contributed by atoms with Gasteiger partial charge in [-0.25, -0.2) is 0 Å². The first kappa shape index (κ1) is 9.56. The molecule has 1 aliphatic rings. The highest BCUT2D eigenvalue weighted by atomic mass is 16.6. The fourth-order valence-electron chi connectivity index (χ4n) is 1.10. The molecule has 0 aliphatic heterocycles. The Kier molecular flexibility index (Phi) is 3.12. The molecule has 1 fully saturated rings. The van der Waals surface area contributed by atoms with Gasteiger partial charge in [-0.3, -0.25) is 0 Å². The molecular weight excluding hydrogens is 150 g/mol. The van der Waals surface area contributed by atoms with Gasteiger partial charge in [0.25, 0.3) is 0 Å². The van der Waals surface area contributed by atoms with Gasteiger partial charge in [-0.15, -0.1) is 0 Å². The third-order valence-electron chi connectivity index (χ3n) is 1.72. The molecule has 1 aliphatic carbocycles. The molecule has 2 nitrogen and oxygen atoms in total. The molecule has 12 heavy (non-hydrogen) atoms. The molecule has 0 atom stereocenters. The molecule has 1 radical (unpaired) electrons. The average molecular weight is 168 g/mol. The van der Waals surface area contributed by atoms with Crippen LogP contribution in [0.5, 0.6) is 0 Å². The summed E-state index contributed by atoms with van der Waals surface area (Å²) < 4.78 is 0. The topological polar surface area (TPSA) is 21.6 Å². The predicted molar refractivity (Wildman–Crippen MR) is 51.0 cm³/mol. The summed E-state index contributed by atoms with van der Waals surface area (Å²) in [5.74, 6) is 0. The zero-order valence-electron chi connectivity index (χ0n) is 8.26. The maximum absolute atomic E-state index is 5.34. The van der Waals surface area contributed by atoms with Crippen LogP contribution in [0, 0.1) is 6.42 Å². The van der Waals surface area contributed by atoms with Crippen molar-refractivity contribution in [2.45, 2.75) is 52.1 Å². The molecule has 0 spiro atoms. The predicted octanol–water partition coefficient (Wildman–Crippen LogP) is 2.94. The number of hydrogen-bond donors (Lipinski definition) is 0. The van der Waals surface area contributed by atoms with Crippen molar-refractivity contribution in [3.8, 4) is 0 Å². The minimum absolute atomic E-state index is 0.145. The van der Waals surface area contributed by atoms with Crippen molar-refractivity contribution in [2.24, 2.45) is 5.16 Å². The fourth-order valence-corrected chi connectivity index (χ4v) is 1.10. The van der Waals surface area contributed by atoms with Gasteiger partial charge in [-0.2, -0.15) is 0 Å². The Balaban J connectivity index is 2.35. The van der Waals surface area contributed by atoms with Gasteiger partial charge in [0.1, 0.15) is 5.60 Å². The Morgan fingerprint density at radius 1 is 1.25 bits per heavy atom. The van der Waals surface area contributed by atoms with Crippen molar-refractivity contribution < 1.29 is 4.84 Å². The van der Waals surface area contributed by atoms with Crippen LogP contribution < -0.4 is 0 Å². The summed E-state index contributed by atoms with van der Waals surface area (Å²) in [6, 6.07) is 0. The molecule has 0 aromatic heterocycles. The van der Waals surface area contributed by atoms with Gasteiger partial charge in [0.2, 0.25) is 0 Å². The highest BCUT2D eigenvalue weighted by molar-refractivity contribution is 5.84. The second-order valence-electron chi connectivity index (χ2n) is 4.23. The highest BCUT2D eigenvalue weighted by Gasteiger charge is 2.12. The van der Waals surface area contributed by atoms with Gasteiger partial charge in [0.15, 0.2) is 0 Å². The van der Waals surface area contributed by atoms with E-state index in [4.69, 9.17) is 4.84 Å². The Morgan fingerprint density at radius 3 is 2.33 bits per heavy atom. The van der Waals surface area contributed by atoms with E-state index in [0.29, 0.717) is 0 Å². The lowest BCUT2D eigenvalue weighted by atomic mass is 9.99. The normalized spacial score (nSPS) is 19.1. The second-order valence-corrected chi connectivity index (χ2v) is 4.23. The summed E-state index contributed by atoms with van der Waals surface area (Å²) in [6.45, 7) is 6.06. The van der Waals surface area contributed by atoms with E-state index in [9.17, 15) is 0 Å². The van der Waals surface area contributed by atoms with E-state index < -0.39 is 0 Å². The van der Waals surface area contributed by atoms with Gasteiger partial charge in [-0.05, 0) is 52.9 Å². The molecule has 0 N–H and O–H groups in total. The Bertz CT molecular complexity index is 159.